The second kappa shape index (κ2) is 5.77. The van der Waals surface area contributed by atoms with Crippen LogP contribution >= 0.6 is 0 Å². The van der Waals surface area contributed by atoms with Crippen LogP contribution in [0.5, 0.6) is 5.75 Å². The van der Waals surface area contributed by atoms with Gasteiger partial charge in [-0.05, 0) is 26.8 Å². The Balaban J connectivity index is 2.49. The van der Waals surface area contributed by atoms with E-state index in [0.29, 0.717) is 6.61 Å². The van der Waals surface area contributed by atoms with Gasteiger partial charge >= 0.3 is 5.69 Å². The predicted octanol–water partition coefficient (Wildman–Crippen LogP) is 2.93. The predicted molar refractivity (Wildman–Crippen MR) is 64.3 cm³/mol. The summed E-state index contributed by atoms with van der Waals surface area (Å²) >= 11 is 0. The molecule has 5 nitrogen and oxygen atoms in total. The number of benzene rings is 1. The first-order valence-electron chi connectivity index (χ1n) is 5.50. The highest BCUT2D eigenvalue weighted by Crippen LogP contribution is 2.22. The smallest absolute Gasteiger partial charge is 0.305 e. The normalized spacial score (nSPS) is 11.3. The summed E-state index contributed by atoms with van der Waals surface area (Å²) in [6.07, 6.45) is 0. The fourth-order valence-electron chi connectivity index (χ4n) is 1.23. The largest absolute Gasteiger partial charge is 0.491 e. The molecule has 6 heteroatoms. The maximum absolute atomic E-state index is 13.2. The molecule has 0 saturated heterocycles. The van der Waals surface area contributed by atoms with Crippen molar-refractivity contribution in [2.75, 3.05) is 13.2 Å². The summed E-state index contributed by atoms with van der Waals surface area (Å²) in [6.45, 7) is 6.37. The van der Waals surface area contributed by atoms with Gasteiger partial charge in [-0.25, -0.2) is 0 Å². The van der Waals surface area contributed by atoms with E-state index >= 15 is 0 Å². The summed E-state index contributed by atoms with van der Waals surface area (Å²) in [5.74, 6) is -0.662. The van der Waals surface area contributed by atoms with Crippen molar-refractivity contribution < 1.29 is 18.8 Å². The highest BCUT2D eigenvalue weighted by Gasteiger charge is 2.14. The van der Waals surface area contributed by atoms with Gasteiger partial charge in [0.05, 0.1) is 17.1 Å². The fourth-order valence-corrected chi connectivity index (χ4v) is 1.23. The minimum Gasteiger partial charge on any atom is -0.491 e. The van der Waals surface area contributed by atoms with E-state index in [4.69, 9.17) is 9.47 Å². The Labute approximate surface area is 105 Å². The molecule has 0 spiro atoms. The van der Waals surface area contributed by atoms with Crippen molar-refractivity contribution in [3.05, 3.63) is 34.1 Å². The molecule has 0 unspecified atom stereocenters. The van der Waals surface area contributed by atoms with Gasteiger partial charge in [0.1, 0.15) is 12.4 Å². The zero-order chi connectivity index (χ0) is 13.8. The minimum absolute atomic E-state index is 0.246. The van der Waals surface area contributed by atoms with Crippen molar-refractivity contribution in [3.63, 3.8) is 0 Å². The van der Waals surface area contributed by atoms with Crippen LogP contribution in [0, 0.1) is 15.9 Å². The van der Waals surface area contributed by atoms with E-state index in [-0.39, 0.29) is 18.0 Å². The maximum Gasteiger partial charge on any atom is 0.305 e. The first-order chi connectivity index (χ1) is 8.29. The summed E-state index contributed by atoms with van der Waals surface area (Å²) in [5.41, 5.74) is -0.822. The van der Waals surface area contributed by atoms with E-state index in [9.17, 15) is 14.5 Å². The zero-order valence-electron chi connectivity index (χ0n) is 10.6. The molecule has 0 aliphatic heterocycles. The van der Waals surface area contributed by atoms with Crippen LogP contribution in [0.3, 0.4) is 0 Å². The van der Waals surface area contributed by atoms with E-state index in [1.54, 1.807) is 0 Å². The first-order valence-corrected chi connectivity index (χ1v) is 5.50. The van der Waals surface area contributed by atoms with Gasteiger partial charge in [0.25, 0.3) is 0 Å². The lowest BCUT2D eigenvalue weighted by molar-refractivity contribution is -0.387. The highest BCUT2D eigenvalue weighted by atomic mass is 19.1. The van der Waals surface area contributed by atoms with Gasteiger partial charge in [-0.15, -0.1) is 0 Å². The van der Waals surface area contributed by atoms with Crippen molar-refractivity contribution in [1.29, 1.82) is 0 Å². The fraction of sp³-hybridized carbons (Fsp3) is 0.500. The van der Waals surface area contributed by atoms with Crippen LogP contribution in [0.1, 0.15) is 20.8 Å². The van der Waals surface area contributed by atoms with Crippen LogP contribution in [0.15, 0.2) is 18.2 Å². The molecule has 0 N–H and O–H groups in total. The molecule has 0 heterocycles. The second-order valence-corrected chi connectivity index (χ2v) is 4.68. The summed E-state index contributed by atoms with van der Waals surface area (Å²) in [7, 11) is 0. The lowest BCUT2D eigenvalue weighted by Crippen LogP contribution is -2.22. The summed E-state index contributed by atoms with van der Waals surface area (Å²) < 4.78 is 23.9. The third kappa shape index (κ3) is 4.67. The van der Waals surface area contributed by atoms with Crippen LogP contribution in [0.25, 0.3) is 0 Å². The molecule has 18 heavy (non-hydrogen) atoms. The van der Waals surface area contributed by atoms with Gasteiger partial charge in [-0.2, -0.15) is 4.39 Å². The van der Waals surface area contributed by atoms with Crippen molar-refractivity contribution in [2.45, 2.75) is 26.4 Å². The summed E-state index contributed by atoms with van der Waals surface area (Å²) in [4.78, 5) is 9.63. The highest BCUT2D eigenvalue weighted by molar-refractivity contribution is 5.37. The molecule has 0 saturated carbocycles. The van der Waals surface area contributed by atoms with Crippen LogP contribution in [-0.4, -0.2) is 23.7 Å². The van der Waals surface area contributed by atoms with Crippen molar-refractivity contribution in [3.8, 4) is 5.75 Å². The average molecular weight is 257 g/mol. The molecule has 0 bridgehead atoms. The van der Waals surface area contributed by atoms with Crippen LogP contribution in [0.4, 0.5) is 10.1 Å². The summed E-state index contributed by atoms with van der Waals surface area (Å²) in [5, 5.41) is 10.4. The van der Waals surface area contributed by atoms with E-state index in [1.165, 1.54) is 6.07 Å². The van der Waals surface area contributed by atoms with E-state index in [0.717, 1.165) is 12.1 Å². The van der Waals surface area contributed by atoms with Crippen molar-refractivity contribution >= 4 is 5.69 Å². The SMILES string of the molecule is CC(C)(C)OCCOc1ccc([N+](=O)[O-])c(F)c1. The summed E-state index contributed by atoms with van der Waals surface area (Å²) in [6, 6.07) is 3.43. The molecule has 1 aromatic carbocycles. The monoisotopic (exact) mass is 257 g/mol. The Bertz CT molecular complexity index is 429. The number of nitrogens with zero attached hydrogens (tertiary/aromatic N) is 1. The van der Waals surface area contributed by atoms with E-state index in [2.05, 4.69) is 0 Å². The topological polar surface area (TPSA) is 61.6 Å². The van der Waals surface area contributed by atoms with Crippen LogP contribution in [-0.2, 0) is 4.74 Å². The van der Waals surface area contributed by atoms with E-state index in [1.807, 2.05) is 20.8 Å². The third-order valence-electron chi connectivity index (χ3n) is 2.00. The number of nitro benzene ring substituents is 1. The number of hydrogen-bond acceptors (Lipinski definition) is 4. The van der Waals surface area contributed by atoms with Crippen LogP contribution < -0.4 is 4.74 Å². The van der Waals surface area contributed by atoms with Gasteiger partial charge in [0.2, 0.25) is 5.82 Å². The molecule has 100 valence electrons. The van der Waals surface area contributed by atoms with Gasteiger partial charge in [0, 0.05) is 12.1 Å². The molecule has 0 aliphatic carbocycles. The number of halogens is 1. The minimum atomic E-state index is -0.908. The Morgan fingerprint density at radius 1 is 1.33 bits per heavy atom. The quantitative estimate of drug-likeness (QED) is 0.462. The molecule has 1 rings (SSSR count). The zero-order valence-corrected chi connectivity index (χ0v) is 10.6. The maximum atomic E-state index is 13.2. The van der Waals surface area contributed by atoms with Crippen molar-refractivity contribution in [1.82, 2.24) is 0 Å². The molecular weight excluding hydrogens is 241 g/mol. The van der Waals surface area contributed by atoms with Crippen molar-refractivity contribution in [2.24, 2.45) is 0 Å². The number of ether oxygens (including phenoxy) is 2. The number of hydrogen-bond donors (Lipinski definition) is 0. The molecule has 0 aromatic heterocycles. The molecule has 0 radical (unpaired) electrons. The number of nitro groups is 1. The molecule has 0 amide bonds. The Morgan fingerprint density at radius 2 is 2.00 bits per heavy atom. The lowest BCUT2D eigenvalue weighted by Gasteiger charge is -2.19. The van der Waals surface area contributed by atoms with E-state index < -0.39 is 16.4 Å². The molecule has 0 aliphatic rings. The second-order valence-electron chi connectivity index (χ2n) is 4.68. The standard InChI is InChI=1S/C12H16FNO4/c1-12(2,3)18-7-6-17-9-4-5-11(14(15)16)10(13)8-9/h4-5,8H,6-7H2,1-3H3. The third-order valence-corrected chi connectivity index (χ3v) is 2.00. The molecule has 1 aromatic rings. The number of rotatable bonds is 5. The molecule has 0 fully saturated rings. The Hall–Kier alpha value is -1.69. The lowest BCUT2D eigenvalue weighted by atomic mass is 10.2. The molecule has 0 atom stereocenters. The van der Waals surface area contributed by atoms with Gasteiger partial charge < -0.3 is 9.47 Å². The average Bonchev–Trinajstić information content (AvgIpc) is 2.22. The Kier molecular flexibility index (Phi) is 4.61. The van der Waals surface area contributed by atoms with Crippen LogP contribution in [0.2, 0.25) is 0 Å². The first kappa shape index (κ1) is 14.4. The molecular formula is C12H16FNO4. The van der Waals surface area contributed by atoms with Gasteiger partial charge in [0.15, 0.2) is 0 Å². The van der Waals surface area contributed by atoms with Gasteiger partial charge in [-0.3, -0.25) is 10.1 Å². The van der Waals surface area contributed by atoms with Gasteiger partial charge in [-0.1, -0.05) is 0 Å². The Morgan fingerprint density at radius 3 is 2.50 bits per heavy atom.